The zero-order valence-corrected chi connectivity index (χ0v) is 10.9. The Kier molecular flexibility index (Phi) is 3.12. The van der Waals surface area contributed by atoms with Crippen molar-refractivity contribution in [1.29, 1.82) is 0 Å². The van der Waals surface area contributed by atoms with E-state index in [9.17, 15) is 9.90 Å². The molecule has 0 aliphatic carbocycles. The molecule has 0 saturated carbocycles. The molecule has 0 spiro atoms. The average molecular weight is 265 g/mol. The summed E-state index contributed by atoms with van der Waals surface area (Å²) in [7, 11) is 0. The minimum atomic E-state index is -1.47. The van der Waals surface area contributed by atoms with E-state index in [1.807, 2.05) is 54.6 Å². The van der Waals surface area contributed by atoms with Gasteiger partial charge < -0.3 is 10.4 Å². The van der Waals surface area contributed by atoms with Gasteiger partial charge in [-0.05, 0) is 11.6 Å². The number of fused-ring (bicyclic) bond motifs is 1. The number of amides is 1. The van der Waals surface area contributed by atoms with Crippen molar-refractivity contribution in [3.63, 3.8) is 0 Å². The minimum absolute atomic E-state index is 0.255. The number of carbonyl (C=O) groups is 1. The fourth-order valence-electron chi connectivity index (χ4n) is 2.43. The zero-order valence-electron chi connectivity index (χ0n) is 10.9. The number of carbonyl (C=O) groups excluding carboxylic acids is 1. The van der Waals surface area contributed by atoms with Crippen LogP contribution in [0, 0.1) is 0 Å². The van der Waals surface area contributed by atoms with Crippen LogP contribution in [0.1, 0.15) is 17.5 Å². The third-order valence-electron chi connectivity index (χ3n) is 3.52. The van der Waals surface area contributed by atoms with E-state index in [0.29, 0.717) is 11.3 Å². The number of aliphatic hydroxyl groups is 1. The smallest absolute Gasteiger partial charge is 0.261 e. The highest BCUT2D eigenvalue weighted by Gasteiger charge is 2.43. The summed E-state index contributed by atoms with van der Waals surface area (Å²) in [4.78, 5) is 12.0. The van der Waals surface area contributed by atoms with Crippen molar-refractivity contribution < 1.29 is 9.90 Å². The monoisotopic (exact) mass is 265 g/mol. The molecule has 100 valence electrons. The van der Waals surface area contributed by atoms with Crippen molar-refractivity contribution in [2.75, 3.05) is 5.32 Å². The fourth-order valence-corrected chi connectivity index (χ4v) is 2.43. The van der Waals surface area contributed by atoms with Crippen molar-refractivity contribution >= 4 is 17.7 Å². The lowest BCUT2D eigenvalue weighted by molar-refractivity contribution is -0.133. The van der Waals surface area contributed by atoms with E-state index in [4.69, 9.17) is 0 Å². The molecule has 2 N–H and O–H groups in total. The normalized spacial score (nSPS) is 20.9. The molecule has 0 aromatic heterocycles. The molecule has 20 heavy (non-hydrogen) atoms. The van der Waals surface area contributed by atoms with E-state index in [1.54, 1.807) is 12.1 Å². The highest BCUT2D eigenvalue weighted by molar-refractivity contribution is 6.05. The summed E-state index contributed by atoms with van der Waals surface area (Å²) in [5.74, 6) is -0.364. The van der Waals surface area contributed by atoms with Crippen molar-refractivity contribution in [2.45, 2.75) is 12.0 Å². The largest absolute Gasteiger partial charge is 0.375 e. The van der Waals surface area contributed by atoms with E-state index in [2.05, 4.69) is 5.32 Å². The number of benzene rings is 2. The Bertz CT molecular complexity index is 664. The van der Waals surface area contributed by atoms with Crippen LogP contribution in [0.4, 0.5) is 5.69 Å². The Balaban J connectivity index is 1.83. The summed E-state index contributed by atoms with van der Waals surface area (Å²) < 4.78 is 0. The topological polar surface area (TPSA) is 49.3 Å². The van der Waals surface area contributed by atoms with Crippen LogP contribution in [0.5, 0.6) is 0 Å². The Morgan fingerprint density at radius 1 is 1.05 bits per heavy atom. The lowest BCUT2D eigenvalue weighted by atomic mass is 9.91. The molecule has 2 aromatic carbocycles. The molecule has 1 heterocycles. The van der Waals surface area contributed by atoms with Crippen molar-refractivity contribution in [3.05, 3.63) is 71.8 Å². The summed E-state index contributed by atoms with van der Waals surface area (Å²) in [5.41, 5.74) is 0.903. The van der Waals surface area contributed by atoms with Crippen LogP contribution in [0.2, 0.25) is 0 Å². The molecule has 0 unspecified atom stereocenters. The van der Waals surface area contributed by atoms with Gasteiger partial charge in [0.25, 0.3) is 5.91 Å². The lowest BCUT2D eigenvalue weighted by Crippen LogP contribution is -2.33. The van der Waals surface area contributed by atoms with Gasteiger partial charge in [0.05, 0.1) is 0 Å². The molecule has 3 rings (SSSR count). The maximum absolute atomic E-state index is 12.0. The molecule has 1 aliphatic rings. The van der Waals surface area contributed by atoms with Crippen LogP contribution in [0.15, 0.2) is 60.7 Å². The van der Waals surface area contributed by atoms with Gasteiger partial charge in [-0.15, -0.1) is 0 Å². The summed E-state index contributed by atoms with van der Waals surface area (Å²) >= 11 is 0. The standard InChI is InChI=1S/C17H15NO2/c19-16-17(20,14-10-4-5-11-15(14)18-16)12-6-9-13-7-2-1-3-8-13/h1-11,20H,12H2,(H,18,19)/b9-6+/t17-/m0/s1. The maximum Gasteiger partial charge on any atom is 0.261 e. The molecule has 3 heteroatoms. The van der Waals surface area contributed by atoms with Gasteiger partial charge in [0, 0.05) is 17.7 Å². The SMILES string of the molecule is O=C1Nc2ccccc2[C@@]1(O)C/C=C/c1ccccc1. The third kappa shape index (κ3) is 2.12. The lowest BCUT2D eigenvalue weighted by Gasteiger charge is -2.18. The first-order chi connectivity index (χ1) is 9.70. The Morgan fingerprint density at radius 2 is 1.75 bits per heavy atom. The molecule has 1 aliphatic heterocycles. The molecule has 0 fully saturated rings. The van der Waals surface area contributed by atoms with Gasteiger partial charge in [-0.1, -0.05) is 60.7 Å². The van der Waals surface area contributed by atoms with Gasteiger partial charge in [0.1, 0.15) is 0 Å². The molecule has 3 nitrogen and oxygen atoms in total. The van der Waals surface area contributed by atoms with E-state index in [0.717, 1.165) is 5.56 Å². The molecular weight excluding hydrogens is 250 g/mol. The second kappa shape index (κ2) is 4.94. The predicted molar refractivity (Wildman–Crippen MR) is 79.1 cm³/mol. The van der Waals surface area contributed by atoms with Gasteiger partial charge in [-0.2, -0.15) is 0 Å². The average Bonchev–Trinajstić information content (AvgIpc) is 2.72. The molecule has 0 bridgehead atoms. The third-order valence-corrected chi connectivity index (χ3v) is 3.52. The fraction of sp³-hybridized carbons (Fsp3) is 0.118. The van der Waals surface area contributed by atoms with Crippen LogP contribution >= 0.6 is 0 Å². The molecule has 2 aromatic rings. The van der Waals surface area contributed by atoms with Crippen molar-refractivity contribution in [1.82, 2.24) is 0 Å². The molecule has 0 saturated heterocycles. The van der Waals surface area contributed by atoms with Crippen molar-refractivity contribution in [2.24, 2.45) is 0 Å². The molecular formula is C17H15NO2. The van der Waals surface area contributed by atoms with Crippen LogP contribution in [-0.4, -0.2) is 11.0 Å². The molecule has 1 amide bonds. The first-order valence-corrected chi connectivity index (χ1v) is 6.55. The summed E-state index contributed by atoms with van der Waals surface area (Å²) in [6, 6.07) is 17.0. The van der Waals surface area contributed by atoms with Gasteiger partial charge >= 0.3 is 0 Å². The molecule has 1 atom stereocenters. The van der Waals surface area contributed by atoms with Gasteiger partial charge in [0.15, 0.2) is 5.60 Å². The van der Waals surface area contributed by atoms with E-state index in [-0.39, 0.29) is 12.3 Å². The predicted octanol–water partition coefficient (Wildman–Crippen LogP) is 2.93. The van der Waals surface area contributed by atoms with Crippen LogP contribution in [0.3, 0.4) is 0 Å². The number of nitrogens with one attached hydrogen (secondary N) is 1. The Morgan fingerprint density at radius 3 is 2.55 bits per heavy atom. The highest BCUT2D eigenvalue weighted by atomic mass is 16.3. The quantitative estimate of drug-likeness (QED) is 0.896. The van der Waals surface area contributed by atoms with Gasteiger partial charge in [-0.25, -0.2) is 0 Å². The molecule has 0 radical (unpaired) electrons. The van der Waals surface area contributed by atoms with Gasteiger partial charge in [0.2, 0.25) is 0 Å². The summed E-state index contributed by atoms with van der Waals surface area (Å²) in [6.07, 6.45) is 3.99. The van der Waals surface area contributed by atoms with Crippen molar-refractivity contribution in [3.8, 4) is 0 Å². The number of anilines is 1. The number of rotatable bonds is 3. The highest BCUT2D eigenvalue weighted by Crippen LogP contribution is 2.38. The van der Waals surface area contributed by atoms with Gasteiger partial charge in [-0.3, -0.25) is 4.79 Å². The van der Waals surface area contributed by atoms with E-state index < -0.39 is 5.60 Å². The van der Waals surface area contributed by atoms with E-state index >= 15 is 0 Å². The van der Waals surface area contributed by atoms with E-state index in [1.165, 1.54) is 0 Å². The second-order valence-electron chi connectivity index (χ2n) is 4.88. The Hall–Kier alpha value is -2.39. The minimum Gasteiger partial charge on any atom is -0.375 e. The summed E-state index contributed by atoms with van der Waals surface area (Å²) in [5, 5.41) is 13.3. The maximum atomic E-state index is 12.0. The van der Waals surface area contributed by atoms with Crippen LogP contribution < -0.4 is 5.32 Å². The number of hydrogen-bond donors (Lipinski definition) is 2. The Labute approximate surface area is 117 Å². The number of hydrogen-bond acceptors (Lipinski definition) is 2. The first kappa shape index (κ1) is 12.6. The number of para-hydroxylation sites is 1. The zero-order chi connectivity index (χ0) is 14.0. The first-order valence-electron chi connectivity index (χ1n) is 6.55. The summed E-state index contributed by atoms with van der Waals surface area (Å²) in [6.45, 7) is 0. The second-order valence-corrected chi connectivity index (χ2v) is 4.88. The van der Waals surface area contributed by atoms with Crippen LogP contribution in [0.25, 0.3) is 6.08 Å². The van der Waals surface area contributed by atoms with Crippen LogP contribution in [-0.2, 0) is 10.4 Å².